The third kappa shape index (κ3) is 11.3. The molecular formula is C20H26ClF3N6O8S. The Kier molecular flexibility index (Phi) is 12.4. The molecule has 0 unspecified atom stereocenters. The fraction of sp³-hybridized carbons (Fsp3) is 0.400. The molecule has 0 spiro atoms. The Hall–Kier alpha value is -3.61. The first kappa shape index (κ1) is 33.4. The molecule has 218 valence electrons. The second-order valence-electron chi connectivity index (χ2n) is 7.56. The molecule has 1 aromatic carbocycles. The van der Waals surface area contributed by atoms with Gasteiger partial charge in [0.1, 0.15) is 21.8 Å². The Balaban J connectivity index is 0.000000956. The number of sulfonamides is 1. The fourth-order valence-electron chi connectivity index (χ4n) is 2.75. The molecule has 1 aromatic heterocycles. The lowest BCUT2D eigenvalue weighted by atomic mass is 10.1. The van der Waals surface area contributed by atoms with Crippen LogP contribution in [0.3, 0.4) is 0 Å². The number of hydrogen-bond acceptors (Lipinski definition) is 8. The Morgan fingerprint density at radius 3 is 2.23 bits per heavy atom. The number of carboxylic acids is 2. The summed E-state index contributed by atoms with van der Waals surface area (Å²) in [5, 5.41) is 27.4. The maximum absolute atomic E-state index is 12.7. The highest BCUT2D eigenvalue weighted by molar-refractivity contribution is 7.89. The third-order valence-corrected chi connectivity index (χ3v) is 6.58. The molecule has 1 heterocycles. The third-order valence-electron chi connectivity index (χ3n) is 4.41. The summed E-state index contributed by atoms with van der Waals surface area (Å²) in [5.74, 6) is -3.82. The number of aliphatic carboxylic acids is 2. The van der Waals surface area contributed by atoms with Crippen molar-refractivity contribution in [3.8, 4) is 5.75 Å². The minimum absolute atomic E-state index is 0.0870. The molecule has 0 aliphatic heterocycles. The van der Waals surface area contributed by atoms with E-state index in [0.29, 0.717) is 30.9 Å². The lowest BCUT2D eigenvalue weighted by Gasteiger charge is -2.15. The van der Waals surface area contributed by atoms with Crippen LogP contribution in [0.2, 0.25) is 5.15 Å². The Morgan fingerprint density at radius 2 is 1.79 bits per heavy atom. The van der Waals surface area contributed by atoms with Gasteiger partial charge in [0, 0.05) is 13.5 Å². The number of nitrogens with zero attached hydrogens (tertiary/aromatic N) is 2. The number of hydroxylamine groups is 1. The molecule has 0 radical (unpaired) electrons. The normalized spacial score (nSPS) is 12.2. The molecule has 19 heteroatoms. The van der Waals surface area contributed by atoms with Crippen LogP contribution in [0.25, 0.3) is 0 Å². The molecule has 0 aliphatic rings. The molecule has 14 nitrogen and oxygen atoms in total. The van der Waals surface area contributed by atoms with Crippen molar-refractivity contribution < 1.29 is 51.0 Å². The van der Waals surface area contributed by atoms with Crippen LogP contribution >= 0.6 is 11.6 Å². The van der Waals surface area contributed by atoms with E-state index in [0.717, 1.165) is 0 Å². The highest BCUT2D eigenvalue weighted by Gasteiger charge is 2.38. The zero-order valence-electron chi connectivity index (χ0n) is 20.5. The van der Waals surface area contributed by atoms with Crippen molar-refractivity contribution in [2.45, 2.75) is 36.9 Å². The van der Waals surface area contributed by atoms with Gasteiger partial charge in [0.2, 0.25) is 16.0 Å². The highest BCUT2D eigenvalue weighted by atomic mass is 35.5. The SMILES string of the molecule is Cc1nn(C)c(Cl)c1S(=O)(=O)N[C@@H](Cc1ccc(OCCCONC(=N)N)cc1)C(=O)O.O=C(O)C(F)(F)F. The number of guanidine groups is 1. The van der Waals surface area contributed by atoms with Crippen molar-refractivity contribution in [2.24, 2.45) is 12.8 Å². The largest absolute Gasteiger partial charge is 0.494 e. The van der Waals surface area contributed by atoms with Gasteiger partial charge in [-0.05, 0) is 31.0 Å². The second-order valence-corrected chi connectivity index (χ2v) is 9.57. The summed E-state index contributed by atoms with van der Waals surface area (Å²) in [7, 11) is -2.72. The summed E-state index contributed by atoms with van der Waals surface area (Å²) >= 11 is 6.02. The molecule has 0 saturated heterocycles. The second kappa shape index (κ2) is 14.5. The minimum Gasteiger partial charge on any atom is -0.494 e. The van der Waals surface area contributed by atoms with Gasteiger partial charge in [-0.15, -0.1) is 0 Å². The number of hydrogen-bond donors (Lipinski definition) is 6. The summed E-state index contributed by atoms with van der Waals surface area (Å²) in [6, 6.07) is 5.19. The van der Waals surface area contributed by atoms with E-state index in [2.05, 4.69) is 15.3 Å². The Labute approximate surface area is 225 Å². The van der Waals surface area contributed by atoms with E-state index >= 15 is 0 Å². The van der Waals surface area contributed by atoms with Gasteiger partial charge in [0.15, 0.2) is 0 Å². The molecule has 0 saturated carbocycles. The molecular weight excluding hydrogens is 577 g/mol. The van der Waals surface area contributed by atoms with E-state index in [4.69, 9.17) is 42.2 Å². The molecule has 39 heavy (non-hydrogen) atoms. The maximum atomic E-state index is 12.7. The summed E-state index contributed by atoms with van der Waals surface area (Å²) in [6.45, 7) is 2.11. The number of ether oxygens (including phenoxy) is 1. The molecule has 0 aliphatic carbocycles. The zero-order valence-corrected chi connectivity index (χ0v) is 22.0. The summed E-state index contributed by atoms with van der Waals surface area (Å²) in [5.41, 5.74) is 8.04. The maximum Gasteiger partial charge on any atom is 0.490 e. The zero-order chi connectivity index (χ0) is 30.0. The topological polar surface area (TPSA) is 219 Å². The van der Waals surface area contributed by atoms with Crippen LogP contribution in [-0.2, 0) is 37.9 Å². The monoisotopic (exact) mass is 602 g/mol. The average molecular weight is 603 g/mol. The van der Waals surface area contributed by atoms with Crippen molar-refractivity contribution in [3.63, 3.8) is 0 Å². The number of halogens is 4. The van der Waals surface area contributed by atoms with E-state index in [1.807, 2.05) is 0 Å². The number of aromatic nitrogens is 2. The predicted molar refractivity (Wildman–Crippen MR) is 130 cm³/mol. The van der Waals surface area contributed by atoms with Gasteiger partial charge in [-0.3, -0.25) is 19.7 Å². The number of carboxylic acid groups (broad SMARTS) is 2. The summed E-state index contributed by atoms with van der Waals surface area (Å²) in [4.78, 5) is 25.2. The van der Waals surface area contributed by atoms with Gasteiger partial charge < -0.3 is 20.7 Å². The van der Waals surface area contributed by atoms with Crippen LogP contribution < -0.4 is 20.7 Å². The molecule has 1 atom stereocenters. The molecule has 0 amide bonds. The number of benzene rings is 1. The van der Waals surface area contributed by atoms with E-state index in [1.54, 1.807) is 24.3 Å². The quantitative estimate of drug-likeness (QED) is 0.0876. The van der Waals surface area contributed by atoms with E-state index in [1.165, 1.54) is 18.7 Å². The first-order valence-electron chi connectivity index (χ1n) is 10.6. The van der Waals surface area contributed by atoms with Crippen molar-refractivity contribution in [1.29, 1.82) is 5.41 Å². The van der Waals surface area contributed by atoms with Gasteiger partial charge >= 0.3 is 18.1 Å². The number of nitrogens with two attached hydrogens (primary N) is 1. The van der Waals surface area contributed by atoms with Gasteiger partial charge in [-0.25, -0.2) is 18.7 Å². The van der Waals surface area contributed by atoms with Crippen molar-refractivity contribution >= 4 is 39.5 Å². The van der Waals surface area contributed by atoms with Crippen molar-refractivity contribution in [2.75, 3.05) is 13.2 Å². The van der Waals surface area contributed by atoms with E-state index < -0.39 is 34.2 Å². The molecule has 0 fully saturated rings. The van der Waals surface area contributed by atoms with Gasteiger partial charge in [0.05, 0.1) is 18.9 Å². The predicted octanol–water partition coefficient (Wildman–Crippen LogP) is 1.17. The fourth-order valence-corrected chi connectivity index (χ4v) is 4.69. The number of rotatable bonds is 12. The van der Waals surface area contributed by atoms with Gasteiger partial charge in [-0.2, -0.15) is 23.0 Å². The molecule has 0 bridgehead atoms. The number of nitrogens with one attached hydrogen (secondary N) is 3. The van der Waals surface area contributed by atoms with Crippen LogP contribution in [0, 0.1) is 12.3 Å². The molecule has 7 N–H and O–H groups in total. The number of aryl methyl sites for hydroxylation is 2. The van der Waals surface area contributed by atoms with Crippen molar-refractivity contribution in [1.82, 2.24) is 20.0 Å². The van der Waals surface area contributed by atoms with Crippen LogP contribution in [0.15, 0.2) is 29.2 Å². The van der Waals surface area contributed by atoms with Gasteiger partial charge in [0.25, 0.3) is 0 Å². The minimum atomic E-state index is -5.08. The highest BCUT2D eigenvalue weighted by Crippen LogP contribution is 2.24. The first-order chi connectivity index (χ1) is 18.0. The number of carbonyl (C=O) groups is 2. The number of alkyl halides is 3. The Bertz CT molecular complexity index is 1260. The Morgan fingerprint density at radius 1 is 1.23 bits per heavy atom. The average Bonchev–Trinajstić information content (AvgIpc) is 3.07. The van der Waals surface area contributed by atoms with Crippen LogP contribution in [0.1, 0.15) is 17.7 Å². The van der Waals surface area contributed by atoms with E-state index in [-0.39, 0.29) is 28.1 Å². The molecule has 2 rings (SSSR count). The lowest BCUT2D eigenvalue weighted by Crippen LogP contribution is -2.42. The summed E-state index contributed by atoms with van der Waals surface area (Å²) in [6.07, 6.45) is -4.63. The summed E-state index contributed by atoms with van der Waals surface area (Å²) < 4.78 is 66.1. The van der Waals surface area contributed by atoms with Crippen LogP contribution in [0.4, 0.5) is 13.2 Å². The first-order valence-corrected chi connectivity index (χ1v) is 12.5. The molecule has 2 aromatic rings. The standard InChI is InChI=1S/C18H25ClN6O6S.C2HF3O2/c1-11-15(16(19)25(2)22-11)32(28,29)24-14(17(26)27)10-12-4-6-13(7-5-12)30-8-3-9-31-23-18(20)21;3-2(4,5)1(6)7/h4-7,14,24H,3,8-10H2,1-2H3,(H,26,27)(H4,20,21,23);(H,6,7)/t14-;/m0./s1. The van der Waals surface area contributed by atoms with E-state index in [9.17, 15) is 31.5 Å². The lowest BCUT2D eigenvalue weighted by molar-refractivity contribution is -0.192. The van der Waals surface area contributed by atoms with Crippen LogP contribution in [-0.4, -0.2) is 71.7 Å². The van der Waals surface area contributed by atoms with Crippen LogP contribution in [0.5, 0.6) is 5.75 Å². The smallest absolute Gasteiger partial charge is 0.490 e. The van der Waals surface area contributed by atoms with Crippen molar-refractivity contribution in [3.05, 3.63) is 40.7 Å². The van der Waals surface area contributed by atoms with Gasteiger partial charge in [-0.1, -0.05) is 23.7 Å².